The number of fused-ring (bicyclic) bond motifs is 1. The third-order valence-electron chi connectivity index (χ3n) is 4.97. The number of carbonyl (C=O) groups excluding carboxylic acids is 1. The summed E-state index contributed by atoms with van der Waals surface area (Å²) in [5, 5.41) is 2.92. The number of methoxy groups -OCH3 is 1. The summed E-state index contributed by atoms with van der Waals surface area (Å²) in [5.74, 6) is 1.27. The van der Waals surface area contributed by atoms with Gasteiger partial charge < -0.3 is 19.2 Å². The van der Waals surface area contributed by atoms with Crippen LogP contribution in [0.5, 0.6) is 11.5 Å². The quantitative estimate of drug-likeness (QED) is 0.337. The summed E-state index contributed by atoms with van der Waals surface area (Å²) in [7, 11) is 1.55. The van der Waals surface area contributed by atoms with E-state index < -0.39 is 5.60 Å². The standard InChI is InChI=1S/C25H23BrN2O4/c1-15-5-11-22-19(13-15)27-23(31-22)16-6-12-21(30-4)20(14-16)28-24(29)25(2,3)32-18-9-7-17(26)8-10-18/h5-14H,1-4H3,(H,28,29). The van der Waals surface area contributed by atoms with Crippen LogP contribution in [0.25, 0.3) is 22.6 Å². The fraction of sp³-hybridized carbons (Fsp3) is 0.200. The van der Waals surface area contributed by atoms with E-state index in [-0.39, 0.29) is 5.91 Å². The van der Waals surface area contributed by atoms with Gasteiger partial charge in [-0.05, 0) is 80.9 Å². The Morgan fingerprint density at radius 1 is 1.06 bits per heavy atom. The van der Waals surface area contributed by atoms with Gasteiger partial charge in [0, 0.05) is 10.0 Å². The summed E-state index contributed by atoms with van der Waals surface area (Å²) < 4.78 is 18.2. The molecular weight excluding hydrogens is 472 g/mol. The predicted molar refractivity (Wildman–Crippen MR) is 128 cm³/mol. The molecule has 1 N–H and O–H groups in total. The number of ether oxygens (including phenoxy) is 2. The third-order valence-corrected chi connectivity index (χ3v) is 5.50. The molecule has 1 heterocycles. The first-order valence-corrected chi connectivity index (χ1v) is 10.9. The lowest BCUT2D eigenvalue weighted by molar-refractivity contribution is -0.128. The van der Waals surface area contributed by atoms with E-state index in [1.165, 1.54) is 0 Å². The summed E-state index contributed by atoms with van der Waals surface area (Å²) in [6.45, 7) is 5.43. The number of carbonyl (C=O) groups is 1. The second kappa shape index (κ2) is 8.67. The molecule has 0 aliphatic carbocycles. The van der Waals surface area contributed by atoms with Crippen molar-refractivity contribution < 1.29 is 18.7 Å². The number of rotatable bonds is 6. The number of aryl methyl sites for hydroxylation is 1. The molecule has 6 nitrogen and oxygen atoms in total. The summed E-state index contributed by atoms with van der Waals surface area (Å²) in [4.78, 5) is 17.6. The number of aromatic nitrogens is 1. The Hall–Kier alpha value is -3.32. The molecule has 4 rings (SSSR count). The molecule has 0 fully saturated rings. The van der Waals surface area contributed by atoms with Crippen molar-refractivity contribution in [1.82, 2.24) is 4.98 Å². The van der Waals surface area contributed by atoms with Crippen LogP contribution in [0.15, 0.2) is 69.6 Å². The largest absolute Gasteiger partial charge is 0.495 e. The Morgan fingerprint density at radius 3 is 2.53 bits per heavy atom. The van der Waals surface area contributed by atoms with Crippen molar-refractivity contribution in [2.45, 2.75) is 26.4 Å². The maximum Gasteiger partial charge on any atom is 0.268 e. The zero-order valence-corrected chi connectivity index (χ0v) is 19.8. The van der Waals surface area contributed by atoms with Crippen LogP contribution in [0.2, 0.25) is 0 Å². The van der Waals surface area contributed by atoms with Crippen LogP contribution in [0.3, 0.4) is 0 Å². The first-order valence-electron chi connectivity index (χ1n) is 10.1. The molecule has 0 saturated heterocycles. The number of amides is 1. The minimum atomic E-state index is -1.12. The Bertz CT molecular complexity index is 1280. The molecule has 4 aromatic rings. The van der Waals surface area contributed by atoms with Crippen LogP contribution >= 0.6 is 15.9 Å². The molecule has 0 saturated carbocycles. The number of halogens is 1. The minimum absolute atomic E-state index is 0.316. The van der Waals surface area contributed by atoms with Gasteiger partial charge in [0.25, 0.3) is 5.91 Å². The number of oxazole rings is 1. The molecule has 7 heteroatoms. The van der Waals surface area contributed by atoms with Crippen LogP contribution in [0.1, 0.15) is 19.4 Å². The Balaban J connectivity index is 1.60. The Labute approximate surface area is 194 Å². The molecule has 32 heavy (non-hydrogen) atoms. The minimum Gasteiger partial charge on any atom is -0.495 e. The van der Waals surface area contributed by atoms with Crippen molar-refractivity contribution in [3.8, 4) is 23.0 Å². The maximum atomic E-state index is 13.1. The topological polar surface area (TPSA) is 73.6 Å². The van der Waals surface area contributed by atoms with Gasteiger partial charge in [-0.3, -0.25) is 4.79 Å². The number of hydrogen-bond donors (Lipinski definition) is 1. The highest BCUT2D eigenvalue weighted by Gasteiger charge is 2.31. The molecule has 1 aromatic heterocycles. The second-order valence-corrected chi connectivity index (χ2v) is 8.84. The molecule has 3 aromatic carbocycles. The highest BCUT2D eigenvalue weighted by atomic mass is 79.9. The number of benzene rings is 3. The van der Waals surface area contributed by atoms with Crippen molar-refractivity contribution in [2.24, 2.45) is 0 Å². The fourth-order valence-electron chi connectivity index (χ4n) is 3.22. The van der Waals surface area contributed by atoms with Crippen LogP contribution in [0.4, 0.5) is 5.69 Å². The van der Waals surface area contributed by atoms with E-state index >= 15 is 0 Å². The Morgan fingerprint density at radius 2 is 1.81 bits per heavy atom. The van der Waals surface area contributed by atoms with Gasteiger partial charge in [0.1, 0.15) is 17.0 Å². The summed E-state index contributed by atoms with van der Waals surface area (Å²) >= 11 is 3.39. The van der Waals surface area contributed by atoms with Crippen molar-refractivity contribution in [3.63, 3.8) is 0 Å². The number of hydrogen-bond acceptors (Lipinski definition) is 5. The fourth-order valence-corrected chi connectivity index (χ4v) is 3.48. The normalized spacial score (nSPS) is 11.4. The van der Waals surface area contributed by atoms with Gasteiger partial charge in [-0.25, -0.2) is 4.98 Å². The molecule has 0 aliphatic rings. The number of anilines is 1. The Kier molecular flexibility index (Phi) is 5.93. The lowest BCUT2D eigenvalue weighted by atomic mass is 10.1. The summed E-state index contributed by atoms with van der Waals surface area (Å²) in [6.07, 6.45) is 0. The van der Waals surface area contributed by atoms with Gasteiger partial charge >= 0.3 is 0 Å². The van der Waals surface area contributed by atoms with Crippen LogP contribution in [0, 0.1) is 6.92 Å². The second-order valence-electron chi connectivity index (χ2n) is 7.93. The summed E-state index contributed by atoms with van der Waals surface area (Å²) in [5.41, 5.74) is 2.70. The van der Waals surface area contributed by atoms with Crippen LogP contribution < -0.4 is 14.8 Å². The van der Waals surface area contributed by atoms with Gasteiger partial charge in [0.15, 0.2) is 11.2 Å². The van der Waals surface area contributed by atoms with E-state index in [9.17, 15) is 4.79 Å². The van der Waals surface area contributed by atoms with Crippen molar-refractivity contribution in [2.75, 3.05) is 12.4 Å². The molecule has 0 bridgehead atoms. The smallest absolute Gasteiger partial charge is 0.268 e. The average Bonchev–Trinajstić information content (AvgIpc) is 3.18. The maximum absolute atomic E-state index is 13.1. The monoisotopic (exact) mass is 494 g/mol. The van der Waals surface area contributed by atoms with Crippen LogP contribution in [-0.4, -0.2) is 23.6 Å². The highest BCUT2D eigenvalue weighted by molar-refractivity contribution is 9.10. The highest BCUT2D eigenvalue weighted by Crippen LogP contribution is 2.33. The van der Waals surface area contributed by atoms with E-state index in [4.69, 9.17) is 13.9 Å². The molecule has 0 atom stereocenters. The van der Waals surface area contributed by atoms with Crippen molar-refractivity contribution in [3.05, 3.63) is 70.7 Å². The lowest BCUT2D eigenvalue weighted by Gasteiger charge is -2.26. The molecule has 0 spiro atoms. The average molecular weight is 495 g/mol. The SMILES string of the molecule is COc1ccc(-c2nc3cc(C)ccc3o2)cc1NC(=O)C(C)(C)Oc1ccc(Br)cc1. The van der Waals surface area contributed by atoms with E-state index in [1.54, 1.807) is 45.2 Å². The lowest BCUT2D eigenvalue weighted by Crippen LogP contribution is -2.42. The zero-order chi connectivity index (χ0) is 22.9. The van der Waals surface area contributed by atoms with E-state index in [0.29, 0.717) is 28.7 Å². The molecule has 1 amide bonds. The van der Waals surface area contributed by atoms with E-state index in [2.05, 4.69) is 26.2 Å². The molecule has 0 aliphatic heterocycles. The van der Waals surface area contributed by atoms with E-state index in [0.717, 1.165) is 21.1 Å². The first-order chi connectivity index (χ1) is 15.2. The van der Waals surface area contributed by atoms with E-state index in [1.807, 2.05) is 43.3 Å². The van der Waals surface area contributed by atoms with Crippen molar-refractivity contribution >= 4 is 38.6 Å². The number of nitrogens with one attached hydrogen (secondary N) is 1. The third kappa shape index (κ3) is 4.62. The zero-order valence-electron chi connectivity index (χ0n) is 18.2. The van der Waals surface area contributed by atoms with Gasteiger partial charge in [0.2, 0.25) is 5.89 Å². The van der Waals surface area contributed by atoms with Gasteiger partial charge in [-0.1, -0.05) is 22.0 Å². The van der Waals surface area contributed by atoms with Gasteiger partial charge in [-0.15, -0.1) is 0 Å². The predicted octanol–water partition coefficient (Wildman–Crippen LogP) is 6.37. The van der Waals surface area contributed by atoms with Crippen LogP contribution in [-0.2, 0) is 4.79 Å². The van der Waals surface area contributed by atoms with Crippen molar-refractivity contribution in [1.29, 1.82) is 0 Å². The molecular formula is C25H23BrN2O4. The molecule has 0 unspecified atom stereocenters. The van der Waals surface area contributed by atoms with Gasteiger partial charge in [0.05, 0.1) is 12.8 Å². The summed E-state index contributed by atoms with van der Waals surface area (Å²) in [6, 6.07) is 18.6. The van der Waals surface area contributed by atoms with Gasteiger partial charge in [-0.2, -0.15) is 0 Å². The molecule has 164 valence electrons. The number of nitrogens with zero attached hydrogens (tertiary/aromatic N) is 1. The first kappa shape index (κ1) is 21.9. The molecule has 0 radical (unpaired) electrons.